The molecule has 192 valence electrons. The summed E-state index contributed by atoms with van der Waals surface area (Å²) in [4.78, 5) is 16.7. The van der Waals surface area contributed by atoms with Crippen molar-refractivity contribution in [3.05, 3.63) is 58.6 Å². The number of carbonyl (C=O) groups is 1. The van der Waals surface area contributed by atoms with Gasteiger partial charge in [0.1, 0.15) is 11.5 Å². The van der Waals surface area contributed by atoms with Crippen LogP contribution in [-0.2, 0) is 16.6 Å². The van der Waals surface area contributed by atoms with Gasteiger partial charge in [-0.25, -0.2) is 22.5 Å². The second-order valence-electron chi connectivity index (χ2n) is 8.00. The smallest absolute Gasteiger partial charge is 0.407 e. The molecule has 1 aliphatic rings. The summed E-state index contributed by atoms with van der Waals surface area (Å²) < 4.78 is 39.4. The number of nitrogens with zero attached hydrogens (tertiary/aromatic N) is 3. The normalized spacial score (nSPS) is 15.5. The van der Waals surface area contributed by atoms with Gasteiger partial charge in [-0.15, -0.1) is 11.3 Å². The predicted octanol–water partition coefficient (Wildman–Crippen LogP) is 4.37. The van der Waals surface area contributed by atoms with E-state index in [1.165, 1.54) is 53.1 Å². The molecule has 3 aromatic rings. The summed E-state index contributed by atoms with van der Waals surface area (Å²) >= 11 is 7.66. The maximum atomic E-state index is 13.8. The number of ether oxygens (including phenoxy) is 2. The topological polar surface area (TPSA) is 121 Å². The number of thiazole rings is 1. The first-order valence-electron chi connectivity index (χ1n) is 10.9. The lowest BCUT2D eigenvalue weighted by molar-refractivity contribution is 0.155. The lowest BCUT2D eigenvalue weighted by atomic mass is 10.2. The molecule has 4 rings (SSSR count). The number of methoxy groups -OCH3 is 2. The van der Waals surface area contributed by atoms with Crippen molar-refractivity contribution in [3.8, 4) is 11.5 Å². The number of hydrogen-bond acceptors (Lipinski definition) is 8. The third-order valence-corrected chi connectivity index (χ3v) is 8.74. The van der Waals surface area contributed by atoms with Crippen molar-refractivity contribution in [2.75, 3.05) is 36.9 Å². The first-order valence-corrected chi connectivity index (χ1v) is 13.6. The second kappa shape index (κ2) is 10.8. The molecular weight excluding hydrogens is 528 g/mol. The number of rotatable bonds is 9. The number of amides is 1. The fraction of sp³-hybridized carbons (Fsp3) is 0.304. The fourth-order valence-electron chi connectivity index (χ4n) is 3.90. The van der Waals surface area contributed by atoms with Crippen molar-refractivity contribution in [3.63, 3.8) is 0 Å². The van der Waals surface area contributed by atoms with Crippen LogP contribution in [0.15, 0.2) is 52.9 Å². The molecule has 0 spiro atoms. The molecule has 0 unspecified atom stereocenters. The number of benzene rings is 2. The maximum absolute atomic E-state index is 13.8. The van der Waals surface area contributed by atoms with E-state index in [-0.39, 0.29) is 22.5 Å². The summed E-state index contributed by atoms with van der Waals surface area (Å²) in [5.41, 5.74) is 1.16. The molecule has 1 aromatic heterocycles. The van der Waals surface area contributed by atoms with Gasteiger partial charge in [-0.2, -0.15) is 0 Å². The highest BCUT2D eigenvalue weighted by Crippen LogP contribution is 2.34. The highest BCUT2D eigenvalue weighted by Gasteiger charge is 2.30. The minimum atomic E-state index is -4.05. The zero-order valence-corrected chi connectivity index (χ0v) is 21.9. The molecule has 0 bridgehead atoms. The molecule has 13 heteroatoms. The molecule has 2 heterocycles. The Kier molecular flexibility index (Phi) is 7.76. The van der Waals surface area contributed by atoms with E-state index in [4.69, 9.17) is 26.2 Å². The van der Waals surface area contributed by atoms with Crippen LogP contribution in [0.25, 0.3) is 0 Å². The summed E-state index contributed by atoms with van der Waals surface area (Å²) in [5, 5.41) is 14.6. The molecule has 36 heavy (non-hydrogen) atoms. The standard InChI is InChI=1S/C23H25ClN4O6S2/c1-33-17-4-3-15(21(11-17)34-2)13-28(22-25-8-10-35-22)36(31,32)18-5-6-20(19(24)12-18)26-16-7-9-27(14-16)23(29)30/h3-6,8,10-12,16,26H,7,9,13-14H2,1-2H3,(H,29,30)/t16-/m1/s1. The number of aromatic nitrogens is 1. The molecular formula is C23H25ClN4O6S2. The van der Waals surface area contributed by atoms with Gasteiger partial charge in [0, 0.05) is 42.3 Å². The van der Waals surface area contributed by atoms with Crippen LogP contribution in [0.3, 0.4) is 0 Å². The van der Waals surface area contributed by atoms with E-state index in [0.29, 0.717) is 47.4 Å². The summed E-state index contributed by atoms with van der Waals surface area (Å²) in [5.74, 6) is 1.07. The first kappa shape index (κ1) is 25.9. The Bertz CT molecular complexity index is 1340. The van der Waals surface area contributed by atoms with Crippen molar-refractivity contribution >= 4 is 49.9 Å². The van der Waals surface area contributed by atoms with Gasteiger partial charge in [0.15, 0.2) is 5.13 Å². The van der Waals surface area contributed by atoms with E-state index in [1.807, 2.05) is 0 Å². The SMILES string of the molecule is COc1ccc(CN(c2nccs2)S(=O)(=O)c2ccc(N[C@@H]3CCN(C(=O)O)C3)c(Cl)c2)c(OC)c1. The number of sulfonamides is 1. The van der Waals surface area contributed by atoms with E-state index in [1.54, 1.807) is 29.6 Å². The van der Waals surface area contributed by atoms with Crippen LogP contribution in [0.4, 0.5) is 15.6 Å². The summed E-state index contributed by atoms with van der Waals surface area (Å²) in [6, 6.07) is 9.50. The van der Waals surface area contributed by atoms with Crippen molar-refractivity contribution in [2.24, 2.45) is 0 Å². The Hall–Kier alpha value is -3.22. The number of halogens is 1. The lowest BCUT2D eigenvalue weighted by Crippen LogP contribution is -2.31. The molecule has 10 nitrogen and oxygen atoms in total. The Morgan fingerprint density at radius 3 is 2.69 bits per heavy atom. The summed E-state index contributed by atoms with van der Waals surface area (Å²) in [6.07, 6.45) is 1.20. The van der Waals surface area contributed by atoms with Gasteiger partial charge in [-0.1, -0.05) is 11.6 Å². The van der Waals surface area contributed by atoms with Gasteiger partial charge in [0.05, 0.1) is 36.4 Å². The molecule has 0 aliphatic carbocycles. The van der Waals surface area contributed by atoms with Crippen molar-refractivity contribution in [2.45, 2.75) is 23.9 Å². The van der Waals surface area contributed by atoms with Crippen LogP contribution in [0.1, 0.15) is 12.0 Å². The van der Waals surface area contributed by atoms with Gasteiger partial charge in [0.2, 0.25) is 0 Å². The van der Waals surface area contributed by atoms with Crippen LogP contribution >= 0.6 is 22.9 Å². The third-order valence-electron chi connectivity index (χ3n) is 5.79. The molecule has 0 saturated carbocycles. The monoisotopic (exact) mass is 552 g/mol. The van der Waals surface area contributed by atoms with Gasteiger partial charge in [-0.3, -0.25) is 0 Å². The van der Waals surface area contributed by atoms with Gasteiger partial charge in [0.25, 0.3) is 10.0 Å². The molecule has 2 aromatic carbocycles. The average Bonchev–Trinajstić information content (AvgIpc) is 3.56. The molecule has 0 radical (unpaired) electrons. The van der Waals surface area contributed by atoms with Crippen molar-refractivity contribution in [1.82, 2.24) is 9.88 Å². The maximum Gasteiger partial charge on any atom is 0.407 e. The van der Waals surface area contributed by atoms with E-state index in [9.17, 15) is 13.2 Å². The molecule has 2 N–H and O–H groups in total. The van der Waals surface area contributed by atoms with E-state index >= 15 is 0 Å². The molecule has 1 saturated heterocycles. The lowest BCUT2D eigenvalue weighted by Gasteiger charge is -2.23. The predicted molar refractivity (Wildman–Crippen MR) is 138 cm³/mol. The van der Waals surface area contributed by atoms with Crippen LogP contribution < -0.4 is 19.1 Å². The van der Waals surface area contributed by atoms with Crippen molar-refractivity contribution in [1.29, 1.82) is 0 Å². The van der Waals surface area contributed by atoms with Crippen LogP contribution in [0.5, 0.6) is 11.5 Å². The third kappa shape index (κ3) is 5.45. The Morgan fingerprint density at radius 1 is 1.28 bits per heavy atom. The van der Waals surface area contributed by atoms with Gasteiger partial charge >= 0.3 is 6.09 Å². The zero-order chi connectivity index (χ0) is 25.9. The highest BCUT2D eigenvalue weighted by molar-refractivity contribution is 7.93. The van der Waals surface area contributed by atoms with Gasteiger partial charge in [-0.05, 0) is 36.8 Å². The number of nitrogens with one attached hydrogen (secondary N) is 1. The fourth-order valence-corrected chi connectivity index (χ4v) is 6.50. The Labute approximate surface area is 218 Å². The van der Waals surface area contributed by atoms with Crippen LogP contribution in [0.2, 0.25) is 5.02 Å². The highest BCUT2D eigenvalue weighted by atomic mass is 35.5. The largest absolute Gasteiger partial charge is 0.497 e. The minimum absolute atomic E-state index is 0.000636. The van der Waals surface area contributed by atoms with Gasteiger partial charge < -0.3 is 24.8 Å². The van der Waals surface area contributed by atoms with E-state index < -0.39 is 16.1 Å². The second-order valence-corrected chi connectivity index (χ2v) is 11.1. The molecule has 1 atom stereocenters. The molecule has 1 aliphatic heterocycles. The summed E-state index contributed by atoms with van der Waals surface area (Å²) in [6.45, 7) is 0.732. The Balaban J connectivity index is 1.61. The quantitative estimate of drug-likeness (QED) is 0.401. The number of likely N-dealkylation sites (tertiary alicyclic amines) is 1. The number of anilines is 2. The minimum Gasteiger partial charge on any atom is -0.497 e. The molecule has 1 fully saturated rings. The number of hydrogen-bond donors (Lipinski definition) is 2. The van der Waals surface area contributed by atoms with E-state index in [0.717, 1.165) is 0 Å². The van der Waals surface area contributed by atoms with Crippen molar-refractivity contribution < 1.29 is 27.8 Å². The summed E-state index contributed by atoms with van der Waals surface area (Å²) in [7, 11) is -1.01. The number of carboxylic acid groups (broad SMARTS) is 1. The first-order chi connectivity index (χ1) is 17.2. The average molecular weight is 553 g/mol. The zero-order valence-electron chi connectivity index (χ0n) is 19.5. The van der Waals surface area contributed by atoms with Crippen LogP contribution in [-0.4, -0.2) is 62.9 Å². The molecule has 1 amide bonds. The van der Waals surface area contributed by atoms with E-state index in [2.05, 4.69) is 10.3 Å². The Morgan fingerprint density at radius 2 is 2.08 bits per heavy atom. The van der Waals surface area contributed by atoms with Crippen LogP contribution in [0, 0.1) is 0 Å².